The van der Waals surface area contributed by atoms with E-state index in [-0.39, 0.29) is 12.3 Å². The van der Waals surface area contributed by atoms with E-state index in [9.17, 15) is 8.78 Å². The first-order valence-corrected chi connectivity index (χ1v) is 7.72. The lowest BCUT2D eigenvalue weighted by Crippen LogP contribution is -2.36. The van der Waals surface area contributed by atoms with Crippen molar-refractivity contribution in [2.24, 2.45) is 4.99 Å². The molecule has 0 aliphatic rings. The predicted molar refractivity (Wildman–Crippen MR) is 93.1 cm³/mol. The molecule has 0 radical (unpaired) electrons. The number of rotatable bonds is 7. The molecule has 0 spiro atoms. The summed E-state index contributed by atoms with van der Waals surface area (Å²) in [5.41, 5.74) is 1.68. The van der Waals surface area contributed by atoms with Crippen LogP contribution in [0.25, 0.3) is 0 Å². The summed E-state index contributed by atoms with van der Waals surface area (Å²) in [6.07, 6.45) is 0. The highest BCUT2D eigenvalue weighted by molar-refractivity contribution is 5.79. The van der Waals surface area contributed by atoms with Gasteiger partial charge in [0.05, 0.1) is 7.11 Å². The number of nitrogens with zero attached hydrogens (tertiary/aromatic N) is 1. The Morgan fingerprint density at radius 3 is 2.44 bits per heavy atom. The minimum Gasteiger partial charge on any atom is -0.497 e. The molecule has 0 unspecified atom stereocenters. The van der Waals surface area contributed by atoms with E-state index < -0.39 is 6.61 Å². The average Bonchev–Trinajstić information content (AvgIpc) is 2.63. The number of aliphatic imine (C=N–C) groups is 1. The Bertz CT molecular complexity index is 694. The number of hydrogen-bond acceptors (Lipinski definition) is 3. The summed E-state index contributed by atoms with van der Waals surface area (Å²) in [5, 5.41) is 6.24. The summed E-state index contributed by atoms with van der Waals surface area (Å²) in [4.78, 5) is 4.12. The van der Waals surface area contributed by atoms with E-state index in [1.165, 1.54) is 13.2 Å². The van der Waals surface area contributed by atoms with E-state index in [4.69, 9.17) is 4.74 Å². The minimum atomic E-state index is -2.90. The highest BCUT2D eigenvalue weighted by Gasteiger charge is 2.11. The number of guanidine groups is 1. The van der Waals surface area contributed by atoms with Crippen LogP contribution in [0.5, 0.6) is 11.5 Å². The van der Waals surface area contributed by atoms with Gasteiger partial charge >= 0.3 is 6.61 Å². The standard InChI is InChI=1S/C18H21F2N3O2/c1-21-18(22-11-13-6-4-3-5-7-13)23-12-14-8-9-15(24-2)10-16(14)25-17(19)20/h3-10,17H,11-12H2,1-2H3,(H2,21,22,23). The zero-order valence-electron chi connectivity index (χ0n) is 14.1. The fraction of sp³-hybridized carbons (Fsp3) is 0.278. The van der Waals surface area contributed by atoms with Gasteiger partial charge in [0, 0.05) is 31.8 Å². The maximum Gasteiger partial charge on any atom is 0.387 e. The predicted octanol–water partition coefficient (Wildman–Crippen LogP) is 3.16. The number of alkyl halides is 2. The van der Waals surface area contributed by atoms with Gasteiger partial charge in [-0.25, -0.2) is 0 Å². The van der Waals surface area contributed by atoms with Gasteiger partial charge in [-0.3, -0.25) is 4.99 Å². The van der Waals surface area contributed by atoms with Crippen molar-refractivity contribution in [2.75, 3.05) is 14.2 Å². The van der Waals surface area contributed by atoms with Gasteiger partial charge in [0.1, 0.15) is 11.5 Å². The molecule has 25 heavy (non-hydrogen) atoms. The molecule has 0 aliphatic carbocycles. The highest BCUT2D eigenvalue weighted by Crippen LogP contribution is 2.26. The van der Waals surface area contributed by atoms with Gasteiger partial charge in [0.15, 0.2) is 5.96 Å². The van der Waals surface area contributed by atoms with Crippen LogP contribution in [0.4, 0.5) is 8.78 Å². The number of nitrogens with one attached hydrogen (secondary N) is 2. The summed E-state index contributed by atoms with van der Waals surface area (Å²) in [7, 11) is 3.11. The molecular weight excluding hydrogens is 328 g/mol. The van der Waals surface area contributed by atoms with Crippen molar-refractivity contribution in [1.29, 1.82) is 0 Å². The Morgan fingerprint density at radius 2 is 1.80 bits per heavy atom. The lowest BCUT2D eigenvalue weighted by molar-refractivity contribution is -0.0505. The van der Waals surface area contributed by atoms with E-state index >= 15 is 0 Å². The molecule has 0 bridgehead atoms. The Hall–Kier alpha value is -2.83. The molecule has 5 nitrogen and oxygen atoms in total. The molecule has 0 aliphatic heterocycles. The Balaban J connectivity index is 1.98. The Morgan fingerprint density at radius 1 is 1.08 bits per heavy atom. The van der Waals surface area contributed by atoms with Crippen LogP contribution in [0, 0.1) is 0 Å². The summed E-state index contributed by atoms with van der Waals surface area (Å²) in [6.45, 7) is -2.02. The molecule has 2 rings (SSSR count). The molecule has 134 valence electrons. The SMILES string of the molecule is CN=C(NCc1ccccc1)NCc1ccc(OC)cc1OC(F)F. The largest absolute Gasteiger partial charge is 0.497 e. The molecule has 2 N–H and O–H groups in total. The van der Waals surface area contributed by atoms with Crippen LogP contribution in [-0.2, 0) is 13.1 Å². The van der Waals surface area contributed by atoms with Crippen LogP contribution in [-0.4, -0.2) is 26.7 Å². The van der Waals surface area contributed by atoms with Gasteiger partial charge in [-0.15, -0.1) is 0 Å². The fourth-order valence-corrected chi connectivity index (χ4v) is 2.19. The van der Waals surface area contributed by atoms with E-state index in [0.29, 0.717) is 23.8 Å². The molecule has 0 fully saturated rings. The van der Waals surface area contributed by atoms with E-state index in [1.807, 2.05) is 30.3 Å². The van der Waals surface area contributed by atoms with Crippen LogP contribution >= 0.6 is 0 Å². The Kier molecular flexibility index (Phi) is 7.00. The van der Waals surface area contributed by atoms with Crippen molar-refractivity contribution in [3.05, 3.63) is 59.7 Å². The van der Waals surface area contributed by atoms with Gasteiger partial charge in [-0.05, 0) is 17.7 Å². The molecule has 0 amide bonds. The maximum atomic E-state index is 12.6. The fourth-order valence-electron chi connectivity index (χ4n) is 2.19. The van der Waals surface area contributed by atoms with Crippen molar-refractivity contribution in [3.8, 4) is 11.5 Å². The average molecular weight is 349 g/mol. The van der Waals surface area contributed by atoms with Crippen LogP contribution in [0.1, 0.15) is 11.1 Å². The number of hydrogen-bond donors (Lipinski definition) is 2. The number of halogens is 2. The van der Waals surface area contributed by atoms with Crippen LogP contribution in [0.15, 0.2) is 53.5 Å². The summed E-state index contributed by atoms with van der Waals surface area (Å²) in [6, 6.07) is 14.7. The first-order valence-electron chi connectivity index (χ1n) is 7.72. The zero-order chi connectivity index (χ0) is 18.1. The highest BCUT2D eigenvalue weighted by atomic mass is 19.3. The molecule has 2 aromatic carbocycles. The van der Waals surface area contributed by atoms with Gasteiger partial charge in [0.25, 0.3) is 0 Å². The number of ether oxygens (including phenoxy) is 2. The molecule has 2 aromatic rings. The van der Waals surface area contributed by atoms with Gasteiger partial charge in [-0.2, -0.15) is 8.78 Å². The maximum absolute atomic E-state index is 12.6. The first-order chi connectivity index (χ1) is 12.1. The molecule has 0 aromatic heterocycles. The summed E-state index contributed by atoms with van der Waals surface area (Å²) >= 11 is 0. The van der Waals surface area contributed by atoms with E-state index in [1.54, 1.807) is 19.2 Å². The third-order valence-electron chi connectivity index (χ3n) is 3.46. The van der Waals surface area contributed by atoms with Gasteiger partial charge < -0.3 is 20.1 Å². The van der Waals surface area contributed by atoms with Crippen molar-refractivity contribution >= 4 is 5.96 Å². The summed E-state index contributed by atoms with van der Waals surface area (Å²) in [5.74, 6) is 1.08. The molecule has 0 saturated carbocycles. The second-order valence-corrected chi connectivity index (χ2v) is 5.12. The normalized spacial score (nSPS) is 11.3. The second kappa shape index (κ2) is 9.46. The molecule has 0 saturated heterocycles. The molecule has 7 heteroatoms. The van der Waals surface area contributed by atoms with Crippen molar-refractivity contribution in [2.45, 2.75) is 19.7 Å². The number of methoxy groups -OCH3 is 1. The Labute approximate surface area is 145 Å². The van der Waals surface area contributed by atoms with Crippen LogP contribution in [0.2, 0.25) is 0 Å². The lowest BCUT2D eigenvalue weighted by Gasteiger charge is -2.15. The third-order valence-corrected chi connectivity index (χ3v) is 3.46. The van der Waals surface area contributed by atoms with E-state index in [2.05, 4.69) is 20.4 Å². The van der Waals surface area contributed by atoms with Crippen molar-refractivity contribution in [1.82, 2.24) is 10.6 Å². The zero-order valence-corrected chi connectivity index (χ0v) is 14.1. The molecule has 0 heterocycles. The second-order valence-electron chi connectivity index (χ2n) is 5.12. The third kappa shape index (κ3) is 5.95. The van der Waals surface area contributed by atoms with Crippen LogP contribution < -0.4 is 20.1 Å². The first kappa shape index (κ1) is 18.5. The van der Waals surface area contributed by atoms with Crippen LogP contribution in [0.3, 0.4) is 0 Å². The molecular formula is C18H21F2N3O2. The summed E-state index contributed by atoms with van der Waals surface area (Å²) < 4.78 is 34.8. The smallest absolute Gasteiger partial charge is 0.387 e. The topological polar surface area (TPSA) is 54.9 Å². The van der Waals surface area contributed by atoms with Crippen molar-refractivity contribution in [3.63, 3.8) is 0 Å². The quantitative estimate of drug-likeness (QED) is 0.596. The van der Waals surface area contributed by atoms with E-state index in [0.717, 1.165) is 5.56 Å². The van der Waals surface area contributed by atoms with Crippen molar-refractivity contribution < 1.29 is 18.3 Å². The number of benzene rings is 2. The molecule has 0 atom stereocenters. The monoisotopic (exact) mass is 349 g/mol. The van der Waals surface area contributed by atoms with Gasteiger partial charge in [-0.1, -0.05) is 30.3 Å². The minimum absolute atomic E-state index is 0.0698. The lowest BCUT2D eigenvalue weighted by atomic mass is 10.2. The van der Waals surface area contributed by atoms with Gasteiger partial charge in [0.2, 0.25) is 0 Å².